The molecule has 5 rings (SSSR count). The van der Waals surface area contributed by atoms with Gasteiger partial charge in [0.2, 0.25) is 0 Å². The van der Waals surface area contributed by atoms with Crippen LogP contribution < -0.4 is 0 Å². The molecule has 7 nitrogen and oxygen atoms in total. The van der Waals surface area contributed by atoms with Crippen molar-refractivity contribution in [3.8, 4) is 5.69 Å². The van der Waals surface area contributed by atoms with Crippen LogP contribution in [-0.2, 0) is 18.2 Å². The van der Waals surface area contributed by atoms with E-state index in [0.717, 1.165) is 49.8 Å². The number of rotatable bonds is 4. The van der Waals surface area contributed by atoms with Gasteiger partial charge in [0, 0.05) is 49.2 Å². The molecule has 1 aliphatic rings. The van der Waals surface area contributed by atoms with Crippen LogP contribution in [0, 0.1) is 20.8 Å². The van der Waals surface area contributed by atoms with Gasteiger partial charge in [-0.2, -0.15) is 10.2 Å². The summed E-state index contributed by atoms with van der Waals surface area (Å²) in [5.74, 6) is 2.22. The molecule has 0 aliphatic carbocycles. The maximum absolute atomic E-state index is 5.54. The van der Waals surface area contributed by atoms with Crippen molar-refractivity contribution in [2.75, 3.05) is 13.2 Å². The van der Waals surface area contributed by atoms with Crippen LogP contribution in [-0.4, -0.2) is 42.7 Å². The summed E-state index contributed by atoms with van der Waals surface area (Å²) >= 11 is 0. The minimum Gasteiger partial charge on any atom is -0.381 e. The molecule has 4 heterocycles. The van der Waals surface area contributed by atoms with E-state index in [9.17, 15) is 0 Å². The lowest BCUT2D eigenvalue weighted by atomic mass is 9.99. The third-order valence-electron chi connectivity index (χ3n) is 6.24. The summed E-state index contributed by atoms with van der Waals surface area (Å²) in [6.45, 7) is 8.04. The van der Waals surface area contributed by atoms with Crippen molar-refractivity contribution in [2.45, 2.75) is 46.0 Å². The smallest absolute Gasteiger partial charge is 0.154 e. The fourth-order valence-electron chi connectivity index (χ4n) is 4.52. The number of aromatic amines is 1. The largest absolute Gasteiger partial charge is 0.381 e. The van der Waals surface area contributed by atoms with Crippen molar-refractivity contribution in [1.82, 2.24) is 29.5 Å². The standard InChI is InChI=1S/C23H28N6O/c1-14-5-6-15(2)22-21(14)19(16(3)25-22)11-20-26-23(17-7-9-30-10-8-17)27-29(20)18-12-24-28(4)13-18/h5-6,12-13,17,25H,7-11H2,1-4H3. The van der Waals surface area contributed by atoms with E-state index in [-0.39, 0.29) is 0 Å². The zero-order valence-electron chi connectivity index (χ0n) is 18.1. The van der Waals surface area contributed by atoms with Gasteiger partial charge in [-0.15, -0.1) is 0 Å². The number of benzene rings is 1. The van der Waals surface area contributed by atoms with Gasteiger partial charge in [-0.05, 0) is 50.3 Å². The van der Waals surface area contributed by atoms with Crippen molar-refractivity contribution >= 4 is 10.9 Å². The van der Waals surface area contributed by atoms with Crippen LogP contribution in [0.5, 0.6) is 0 Å². The Morgan fingerprint density at radius 1 is 1.13 bits per heavy atom. The van der Waals surface area contributed by atoms with Crippen LogP contribution >= 0.6 is 0 Å². The Kier molecular flexibility index (Phi) is 4.70. The van der Waals surface area contributed by atoms with Crippen LogP contribution in [0.25, 0.3) is 16.6 Å². The molecule has 156 valence electrons. The van der Waals surface area contributed by atoms with E-state index in [4.69, 9.17) is 14.8 Å². The molecule has 30 heavy (non-hydrogen) atoms. The molecule has 0 amide bonds. The van der Waals surface area contributed by atoms with Gasteiger partial charge < -0.3 is 9.72 Å². The van der Waals surface area contributed by atoms with Gasteiger partial charge >= 0.3 is 0 Å². The third-order valence-corrected chi connectivity index (χ3v) is 6.24. The number of nitrogens with one attached hydrogen (secondary N) is 1. The average Bonchev–Trinajstić information content (AvgIpc) is 3.44. The molecule has 3 aromatic heterocycles. The topological polar surface area (TPSA) is 73.6 Å². The number of nitrogens with zero attached hydrogens (tertiary/aromatic N) is 5. The zero-order chi connectivity index (χ0) is 20.8. The second-order valence-corrected chi connectivity index (χ2v) is 8.41. The van der Waals surface area contributed by atoms with Crippen molar-refractivity contribution in [1.29, 1.82) is 0 Å². The Morgan fingerprint density at radius 3 is 2.63 bits per heavy atom. The van der Waals surface area contributed by atoms with Crippen LogP contribution in [0.4, 0.5) is 0 Å². The number of hydrogen-bond donors (Lipinski definition) is 1. The number of hydrogen-bond acceptors (Lipinski definition) is 4. The number of ether oxygens (including phenoxy) is 1. The molecule has 1 aliphatic heterocycles. The molecule has 0 atom stereocenters. The molecule has 0 radical (unpaired) electrons. The molecule has 0 unspecified atom stereocenters. The molecule has 7 heteroatoms. The van der Waals surface area contributed by atoms with Gasteiger partial charge in [0.25, 0.3) is 0 Å². The highest BCUT2D eigenvalue weighted by Crippen LogP contribution is 2.31. The lowest BCUT2D eigenvalue weighted by Crippen LogP contribution is -2.15. The lowest BCUT2D eigenvalue weighted by molar-refractivity contribution is 0.0836. The molecule has 1 N–H and O–H groups in total. The van der Waals surface area contributed by atoms with Crippen LogP contribution in [0.2, 0.25) is 0 Å². The fourth-order valence-corrected chi connectivity index (χ4v) is 4.52. The van der Waals surface area contributed by atoms with E-state index in [1.165, 1.54) is 33.3 Å². The second-order valence-electron chi connectivity index (χ2n) is 8.41. The summed E-state index contributed by atoms with van der Waals surface area (Å²) in [4.78, 5) is 8.64. The summed E-state index contributed by atoms with van der Waals surface area (Å²) in [6.07, 6.45) is 6.51. The highest BCUT2D eigenvalue weighted by Gasteiger charge is 2.24. The first-order valence-electron chi connectivity index (χ1n) is 10.6. The minimum atomic E-state index is 0.350. The molecular weight excluding hydrogens is 376 g/mol. The normalized spacial score (nSPS) is 15.3. The van der Waals surface area contributed by atoms with Gasteiger partial charge in [-0.3, -0.25) is 4.68 Å². The van der Waals surface area contributed by atoms with Crippen molar-refractivity contribution in [2.24, 2.45) is 7.05 Å². The second kappa shape index (κ2) is 7.40. The Hall–Kier alpha value is -2.93. The first kappa shape index (κ1) is 19.1. The molecule has 4 aromatic rings. The summed E-state index contributed by atoms with van der Waals surface area (Å²) in [6, 6.07) is 4.38. The Labute approximate surface area is 176 Å². The van der Waals surface area contributed by atoms with Crippen molar-refractivity contribution in [3.63, 3.8) is 0 Å². The minimum absolute atomic E-state index is 0.350. The summed E-state index contributed by atoms with van der Waals surface area (Å²) in [5.41, 5.74) is 7.20. The van der Waals surface area contributed by atoms with E-state index >= 15 is 0 Å². The van der Waals surface area contributed by atoms with E-state index in [0.29, 0.717) is 5.92 Å². The quantitative estimate of drug-likeness (QED) is 0.560. The molecule has 1 saturated heterocycles. The Balaban J connectivity index is 1.62. The van der Waals surface area contributed by atoms with Gasteiger partial charge in [0.15, 0.2) is 5.82 Å². The van der Waals surface area contributed by atoms with Gasteiger partial charge in [0.1, 0.15) is 11.5 Å². The average molecular weight is 405 g/mol. The highest BCUT2D eigenvalue weighted by molar-refractivity contribution is 5.90. The first-order chi connectivity index (χ1) is 14.5. The number of aryl methyl sites for hydroxylation is 4. The van der Waals surface area contributed by atoms with Crippen LogP contribution in [0.1, 0.15) is 52.8 Å². The maximum atomic E-state index is 5.54. The Bertz CT molecular complexity index is 1210. The SMILES string of the molecule is Cc1[nH]c2c(C)ccc(C)c2c1Cc1nc(C2CCOCC2)nn1-c1cnn(C)c1. The van der Waals surface area contributed by atoms with E-state index in [1.54, 1.807) is 4.68 Å². The Morgan fingerprint density at radius 2 is 1.90 bits per heavy atom. The van der Waals surface area contributed by atoms with Gasteiger partial charge in [-0.25, -0.2) is 9.67 Å². The number of H-pyrrole nitrogens is 1. The molecule has 0 spiro atoms. The number of fused-ring (bicyclic) bond motifs is 1. The predicted octanol–water partition coefficient (Wildman–Crippen LogP) is 3.89. The zero-order valence-corrected chi connectivity index (χ0v) is 18.1. The first-order valence-corrected chi connectivity index (χ1v) is 10.6. The maximum Gasteiger partial charge on any atom is 0.154 e. The summed E-state index contributed by atoms with van der Waals surface area (Å²) in [5, 5.41) is 10.6. The van der Waals surface area contributed by atoms with Crippen LogP contribution in [0.3, 0.4) is 0 Å². The van der Waals surface area contributed by atoms with Crippen molar-refractivity contribution in [3.05, 3.63) is 58.6 Å². The van der Waals surface area contributed by atoms with Crippen molar-refractivity contribution < 1.29 is 4.74 Å². The highest BCUT2D eigenvalue weighted by atomic mass is 16.5. The van der Waals surface area contributed by atoms with E-state index in [2.05, 4.69) is 43.0 Å². The monoisotopic (exact) mass is 404 g/mol. The third kappa shape index (κ3) is 3.23. The lowest BCUT2D eigenvalue weighted by Gasteiger charge is -2.18. The molecule has 0 saturated carbocycles. The van der Waals surface area contributed by atoms with Gasteiger partial charge in [-0.1, -0.05) is 12.1 Å². The number of aromatic nitrogens is 6. The van der Waals surface area contributed by atoms with Gasteiger partial charge in [0.05, 0.1) is 12.4 Å². The van der Waals surface area contributed by atoms with E-state index in [1.807, 2.05) is 24.1 Å². The van der Waals surface area contributed by atoms with Crippen LogP contribution in [0.15, 0.2) is 24.5 Å². The summed E-state index contributed by atoms with van der Waals surface area (Å²) < 4.78 is 9.32. The fraction of sp³-hybridized carbons (Fsp3) is 0.435. The van der Waals surface area contributed by atoms with E-state index < -0.39 is 0 Å². The predicted molar refractivity (Wildman–Crippen MR) is 116 cm³/mol. The molecule has 1 fully saturated rings. The molecule has 0 bridgehead atoms. The summed E-state index contributed by atoms with van der Waals surface area (Å²) in [7, 11) is 1.93. The molecule has 1 aromatic carbocycles. The molecular formula is C23H28N6O.